The van der Waals surface area contributed by atoms with E-state index in [0.29, 0.717) is 6.42 Å². The first kappa shape index (κ1) is 10.5. The number of hydrogen-bond donors (Lipinski definition) is 2. The van der Waals surface area contributed by atoms with Crippen LogP contribution >= 0.6 is 15.9 Å². The van der Waals surface area contributed by atoms with E-state index in [1.165, 1.54) is 0 Å². The molecule has 0 bridgehead atoms. The van der Waals surface area contributed by atoms with E-state index < -0.39 is 0 Å². The molecule has 0 aliphatic carbocycles. The van der Waals surface area contributed by atoms with E-state index in [0.717, 1.165) is 22.3 Å². The van der Waals surface area contributed by atoms with Gasteiger partial charge in [-0.3, -0.25) is 4.79 Å². The summed E-state index contributed by atoms with van der Waals surface area (Å²) in [7, 11) is 0. The van der Waals surface area contributed by atoms with Crippen molar-refractivity contribution >= 4 is 33.2 Å². The van der Waals surface area contributed by atoms with Gasteiger partial charge < -0.3 is 10.6 Å². The Hall–Kier alpha value is -1.03. The zero-order valence-electron chi connectivity index (χ0n) is 8.51. The highest BCUT2D eigenvalue weighted by molar-refractivity contribution is 9.10. The number of carbonyl (C=O) groups excluding carboxylic acids is 1. The molecule has 15 heavy (non-hydrogen) atoms. The molecule has 80 valence electrons. The van der Waals surface area contributed by atoms with Gasteiger partial charge in [-0.25, -0.2) is 0 Å². The Kier molecular flexibility index (Phi) is 2.95. The maximum absolute atomic E-state index is 11.5. The molecule has 4 heteroatoms. The van der Waals surface area contributed by atoms with E-state index in [2.05, 4.69) is 33.5 Å². The van der Waals surface area contributed by atoms with Crippen LogP contribution in [0.3, 0.4) is 0 Å². The van der Waals surface area contributed by atoms with E-state index in [-0.39, 0.29) is 11.9 Å². The normalized spacial score (nSPS) is 19.9. The van der Waals surface area contributed by atoms with Crippen LogP contribution in [0.25, 0.3) is 0 Å². The summed E-state index contributed by atoms with van der Waals surface area (Å²) >= 11 is 3.42. The second kappa shape index (κ2) is 4.23. The highest BCUT2D eigenvalue weighted by atomic mass is 79.9. The van der Waals surface area contributed by atoms with Crippen molar-refractivity contribution in [3.8, 4) is 0 Å². The third-order valence-corrected chi connectivity index (χ3v) is 3.03. The molecule has 2 rings (SSSR count). The number of nitrogens with one attached hydrogen (secondary N) is 2. The number of anilines is 2. The number of halogens is 1. The van der Waals surface area contributed by atoms with E-state index in [4.69, 9.17) is 0 Å². The molecule has 1 unspecified atom stereocenters. The van der Waals surface area contributed by atoms with Crippen LogP contribution in [0.1, 0.15) is 19.8 Å². The lowest BCUT2D eigenvalue weighted by Gasteiger charge is -2.14. The van der Waals surface area contributed by atoms with E-state index in [1.54, 1.807) is 0 Å². The lowest BCUT2D eigenvalue weighted by Crippen LogP contribution is -2.21. The van der Waals surface area contributed by atoms with Crippen LogP contribution in [0.2, 0.25) is 0 Å². The van der Waals surface area contributed by atoms with Gasteiger partial charge in [0.15, 0.2) is 0 Å². The summed E-state index contributed by atoms with van der Waals surface area (Å²) in [5.41, 5.74) is 1.85. The Morgan fingerprint density at radius 2 is 2.27 bits per heavy atom. The van der Waals surface area contributed by atoms with Crippen LogP contribution in [0.4, 0.5) is 11.4 Å². The highest BCUT2D eigenvalue weighted by Crippen LogP contribution is 2.29. The summed E-state index contributed by atoms with van der Waals surface area (Å²) in [6, 6.07) is 6.04. The minimum atomic E-state index is 0.0791. The smallest absolute Gasteiger partial charge is 0.226 e. The summed E-state index contributed by atoms with van der Waals surface area (Å²) in [6.45, 7) is 2.08. The van der Waals surface area contributed by atoms with E-state index >= 15 is 0 Å². The lowest BCUT2D eigenvalue weighted by molar-refractivity contribution is -0.116. The lowest BCUT2D eigenvalue weighted by atomic mass is 10.1. The quantitative estimate of drug-likeness (QED) is 0.822. The van der Waals surface area contributed by atoms with Crippen molar-refractivity contribution in [1.82, 2.24) is 0 Å². The summed E-state index contributed by atoms with van der Waals surface area (Å²) in [4.78, 5) is 11.5. The molecule has 1 aliphatic heterocycles. The molecule has 0 saturated heterocycles. The van der Waals surface area contributed by atoms with Gasteiger partial charge in [0.25, 0.3) is 0 Å². The van der Waals surface area contributed by atoms with Crippen LogP contribution in [0, 0.1) is 0 Å². The van der Waals surface area contributed by atoms with Crippen molar-refractivity contribution in [2.45, 2.75) is 25.8 Å². The highest BCUT2D eigenvalue weighted by Gasteiger charge is 2.18. The molecule has 1 heterocycles. The third kappa shape index (κ3) is 2.31. The molecule has 0 radical (unpaired) electrons. The number of rotatable bonds is 1. The first-order valence-electron chi connectivity index (χ1n) is 5.05. The second-order valence-electron chi connectivity index (χ2n) is 3.69. The Bertz CT molecular complexity index is 392. The van der Waals surface area contributed by atoms with Crippen molar-refractivity contribution < 1.29 is 4.79 Å². The molecule has 0 aromatic heterocycles. The predicted molar refractivity (Wildman–Crippen MR) is 65.1 cm³/mol. The standard InChI is InChI=1S/C11H13BrN2O/c1-2-8-6-11(15)14-9-4-3-7(12)5-10(9)13-8/h3-5,8,13H,2,6H2,1H3,(H,14,15). The SMILES string of the molecule is CCC1CC(=O)Nc2ccc(Br)cc2N1. The first-order chi connectivity index (χ1) is 7.19. The molecule has 0 fully saturated rings. The molecule has 0 spiro atoms. The average Bonchev–Trinajstić information content (AvgIpc) is 2.35. The number of benzene rings is 1. The molecule has 3 nitrogen and oxygen atoms in total. The van der Waals surface area contributed by atoms with Gasteiger partial charge in [0.1, 0.15) is 0 Å². The van der Waals surface area contributed by atoms with Gasteiger partial charge >= 0.3 is 0 Å². The van der Waals surface area contributed by atoms with Gasteiger partial charge in [-0.05, 0) is 24.6 Å². The third-order valence-electron chi connectivity index (χ3n) is 2.54. The van der Waals surface area contributed by atoms with Crippen molar-refractivity contribution in [3.63, 3.8) is 0 Å². The van der Waals surface area contributed by atoms with Gasteiger partial charge in [-0.2, -0.15) is 0 Å². The minimum Gasteiger partial charge on any atom is -0.380 e. The zero-order chi connectivity index (χ0) is 10.8. The predicted octanol–water partition coefficient (Wildman–Crippen LogP) is 2.98. The summed E-state index contributed by atoms with van der Waals surface area (Å²) < 4.78 is 1.01. The van der Waals surface area contributed by atoms with Crippen LogP contribution in [-0.4, -0.2) is 11.9 Å². The van der Waals surface area contributed by atoms with Gasteiger partial charge in [-0.1, -0.05) is 22.9 Å². The number of fused-ring (bicyclic) bond motifs is 1. The Morgan fingerprint density at radius 1 is 1.47 bits per heavy atom. The van der Waals surface area contributed by atoms with Crippen molar-refractivity contribution in [2.24, 2.45) is 0 Å². The summed E-state index contributed by atoms with van der Waals surface area (Å²) in [5.74, 6) is 0.0791. The van der Waals surface area contributed by atoms with Crippen LogP contribution in [0.5, 0.6) is 0 Å². The zero-order valence-corrected chi connectivity index (χ0v) is 10.1. The monoisotopic (exact) mass is 268 g/mol. The van der Waals surface area contributed by atoms with E-state index in [9.17, 15) is 4.79 Å². The fraction of sp³-hybridized carbons (Fsp3) is 0.364. The Balaban J connectivity index is 2.36. The molecule has 1 aromatic carbocycles. The molecule has 0 saturated carbocycles. The van der Waals surface area contributed by atoms with Gasteiger partial charge in [0.2, 0.25) is 5.91 Å². The minimum absolute atomic E-state index is 0.0791. The largest absolute Gasteiger partial charge is 0.380 e. The van der Waals surface area contributed by atoms with Crippen LogP contribution in [0.15, 0.2) is 22.7 Å². The molecule has 1 amide bonds. The number of carbonyl (C=O) groups is 1. The molecular weight excluding hydrogens is 256 g/mol. The van der Waals surface area contributed by atoms with Gasteiger partial charge in [0.05, 0.1) is 11.4 Å². The fourth-order valence-corrected chi connectivity index (χ4v) is 2.05. The van der Waals surface area contributed by atoms with Gasteiger partial charge in [0, 0.05) is 16.9 Å². The first-order valence-corrected chi connectivity index (χ1v) is 5.84. The van der Waals surface area contributed by atoms with Gasteiger partial charge in [-0.15, -0.1) is 0 Å². The Morgan fingerprint density at radius 3 is 3.00 bits per heavy atom. The Labute approximate surface area is 97.4 Å². The van der Waals surface area contributed by atoms with Crippen LogP contribution < -0.4 is 10.6 Å². The van der Waals surface area contributed by atoms with Crippen molar-refractivity contribution in [3.05, 3.63) is 22.7 Å². The topological polar surface area (TPSA) is 41.1 Å². The van der Waals surface area contributed by atoms with Crippen LogP contribution in [-0.2, 0) is 4.79 Å². The maximum Gasteiger partial charge on any atom is 0.226 e. The number of hydrogen-bond acceptors (Lipinski definition) is 2. The molecule has 2 N–H and O–H groups in total. The van der Waals surface area contributed by atoms with Crippen molar-refractivity contribution in [2.75, 3.05) is 10.6 Å². The molecule has 1 aliphatic rings. The van der Waals surface area contributed by atoms with E-state index in [1.807, 2.05) is 18.2 Å². The fourth-order valence-electron chi connectivity index (χ4n) is 1.69. The molecule has 1 aromatic rings. The van der Waals surface area contributed by atoms with Crippen molar-refractivity contribution in [1.29, 1.82) is 0 Å². The second-order valence-corrected chi connectivity index (χ2v) is 4.61. The summed E-state index contributed by atoms with van der Waals surface area (Å²) in [6.07, 6.45) is 1.47. The number of amides is 1. The average molecular weight is 269 g/mol. The summed E-state index contributed by atoms with van der Waals surface area (Å²) in [5, 5.41) is 6.26. The molecule has 1 atom stereocenters. The molecular formula is C11H13BrN2O. The maximum atomic E-state index is 11.5.